The summed E-state index contributed by atoms with van der Waals surface area (Å²) in [7, 11) is -0.395. The highest BCUT2D eigenvalue weighted by atomic mass is 28.4. The van der Waals surface area contributed by atoms with Crippen molar-refractivity contribution >= 4 is 20.3 Å². The van der Waals surface area contributed by atoms with Crippen molar-refractivity contribution in [2.24, 2.45) is 34.5 Å². The number of carbonyl (C=O) groups is 2. The second-order valence-corrected chi connectivity index (χ2v) is 15.9. The van der Waals surface area contributed by atoms with E-state index in [0.29, 0.717) is 5.92 Å². The predicted molar refractivity (Wildman–Crippen MR) is 110 cm³/mol. The fourth-order valence-corrected chi connectivity index (χ4v) is 9.35. The molecule has 6 heteroatoms. The summed E-state index contributed by atoms with van der Waals surface area (Å²) in [6.07, 6.45) is 5.40. The molecule has 0 aromatic heterocycles. The summed E-state index contributed by atoms with van der Waals surface area (Å²) in [6, 6.07) is 0. The van der Waals surface area contributed by atoms with Crippen LogP contribution in [-0.4, -0.2) is 39.1 Å². The first-order valence-corrected chi connectivity index (χ1v) is 14.6. The lowest BCUT2D eigenvalue weighted by atomic mass is 9.60. The number of carbonyl (C=O) groups excluding carboxylic acids is 2. The lowest BCUT2D eigenvalue weighted by Crippen LogP contribution is -2.55. The fraction of sp³-hybridized carbons (Fsp3) is 0.826. The Balaban J connectivity index is 1.74. The summed E-state index contributed by atoms with van der Waals surface area (Å²) in [5.41, 5.74) is -0.266. The molecule has 0 amide bonds. The van der Waals surface area contributed by atoms with E-state index in [-0.39, 0.29) is 41.2 Å². The molecule has 0 aromatic carbocycles. The van der Waals surface area contributed by atoms with Crippen molar-refractivity contribution < 1.29 is 23.5 Å². The average molecular weight is 419 g/mol. The molecule has 5 nitrogen and oxygen atoms in total. The van der Waals surface area contributed by atoms with E-state index in [2.05, 4.69) is 26.2 Å². The van der Waals surface area contributed by atoms with Crippen LogP contribution < -0.4 is 0 Å². The van der Waals surface area contributed by atoms with Crippen LogP contribution in [0.15, 0.2) is 12.2 Å². The van der Waals surface area contributed by atoms with Gasteiger partial charge in [-0.05, 0) is 82.0 Å². The monoisotopic (exact) mass is 418 g/mol. The molecule has 1 spiro atoms. The average Bonchev–Trinajstić information content (AvgIpc) is 3.17. The molecule has 4 aliphatic carbocycles. The zero-order valence-corrected chi connectivity index (χ0v) is 19.4. The Labute approximate surface area is 174 Å². The number of rotatable bonds is 3. The molecule has 5 rings (SSSR count). The van der Waals surface area contributed by atoms with E-state index < -0.39 is 19.3 Å². The zero-order valence-electron chi connectivity index (χ0n) is 18.4. The number of hydrogen-bond acceptors (Lipinski definition) is 5. The minimum atomic E-state index is -1.88. The maximum Gasteiger partial charge on any atom is 0.312 e. The first-order chi connectivity index (χ1) is 13.5. The lowest BCUT2D eigenvalue weighted by molar-refractivity contribution is -0.165. The summed E-state index contributed by atoms with van der Waals surface area (Å²) in [5.74, 6) is -0.299. The Morgan fingerprint density at radius 2 is 1.93 bits per heavy atom. The third kappa shape index (κ3) is 2.25. The second-order valence-electron chi connectivity index (χ2n) is 11.5. The van der Waals surface area contributed by atoms with E-state index in [1.807, 2.05) is 6.92 Å². The Morgan fingerprint density at radius 3 is 2.59 bits per heavy atom. The van der Waals surface area contributed by atoms with Crippen LogP contribution in [0, 0.1) is 34.5 Å². The van der Waals surface area contributed by atoms with Gasteiger partial charge in [-0.15, -0.1) is 0 Å². The first kappa shape index (κ1) is 19.8. The van der Waals surface area contributed by atoms with Crippen molar-refractivity contribution in [1.29, 1.82) is 0 Å². The molecule has 1 aliphatic heterocycles. The zero-order chi connectivity index (χ0) is 21.0. The van der Waals surface area contributed by atoms with Crippen molar-refractivity contribution in [3.05, 3.63) is 12.2 Å². The number of methoxy groups -OCH3 is 1. The summed E-state index contributed by atoms with van der Waals surface area (Å²) in [5, 5.41) is 0. The summed E-state index contributed by atoms with van der Waals surface area (Å²) in [6.45, 7) is 13.1. The maximum absolute atomic E-state index is 13.3. The number of fused-ring (bicyclic) bond motifs is 1. The highest BCUT2D eigenvalue weighted by Gasteiger charge is 2.83. The van der Waals surface area contributed by atoms with Gasteiger partial charge in [0.15, 0.2) is 8.32 Å². The second kappa shape index (κ2) is 5.76. The minimum absolute atomic E-state index is 0.00755. The maximum atomic E-state index is 13.3. The summed E-state index contributed by atoms with van der Waals surface area (Å²) >= 11 is 0. The Morgan fingerprint density at radius 1 is 1.21 bits per heavy atom. The third-order valence-corrected chi connectivity index (χ3v) is 10.00. The van der Waals surface area contributed by atoms with Gasteiger partial charge in [0.25, 0.3) is 0 Å². The van der Waals surface area contributed by atoms with Gasteiger partial charge in [0.05, 0.1) is 24.5 Å². The van der Waals surface area contributed by atoms with Gasteiger partial charge in [0, 0.05) is 11.8 Å². The van der Waals surface area contributed by atoms with E-state index in [1.165, 1.54) is 12.7 Å². The van der Waals surface area contributed by atoms with E-state index in [4.69, 9.17) is 13.9 Å². The van der Waals surface area contributed by atoms with Gasteiger partial charge in [0.2, 0.25) is 0 Å². The largest absolute Gasteiger partial charge is 0.469 e. The molecule has 160 valence electrons. The quantitative estimate of drug-likeness (QED) is 0.393. The summed E-state index contributed by atoms with van der Waals surface area (Å²) < 4.78 is 18.6. The molecule has 29 heavy (non-hydrogen) atoms. The smallest absolute Gasteiger partial charge is 0.312 e. The molecular weight excluding hydrogens is 384 g/mol. The van der Waals surface area contributed by atoms with Crippen molar-refractivity contribution in [3.63, 3.8) is 0 Å². The molecule has 0 radical (unpaired) electrons. The van der Waals surface area contributed by atoms with Crippen molar-refractivity contribution in [1.82, 2.24) is 0 Å². The molecular formula is C23H34O5Si. The fourth-order valence-electron chi connectivity index (χ4n) is 8.30. The van der Waals surface area contributed by atoms with Gasteiger partial charge in [-0.2, -0.15) is 0 Å². The predicted octanol–water partition coefficient (Wildman–Crippen LogP) is 4.08. The number of ether oxygens (including phenoxy) is 2. The van der Waals surface area contributed by atoms with Crippen LogP contribution >= 0.6 is 0 Å². The molecule has 0 N–H and O–H groups in total. The standard InChI is InChI=1S/C23H34O5Si/c1-13-14-8-11-22(12-14)15(19(24)26-3)17-21(2)9-7-10-23(17,27-20(21)25)18(22)16(13)28-29(4,5)6/h14-18H,1,7-12H2,2-6H3. The first-order valence-electron chi connectivity index (χ1n) is 11.2. The molecule has 8 atom stereocenters. The van der Waals surface area contributed by atoms with Crippen LogP contribution in [0.25, 0.3) is 0 Å². The molecule has 1 saturated heterocycles. The lowest BCUT2D eigenvalue weighted by Gasteiger charge is -2.50. The highest BCUT2D eigenvalue weighted by Crippen LogP contribution is 2.78. The highest BCUT2D eigenvalue weighted by molar-refractivity contribution is 6.69. The van der Waals surface area contributed by atoms with Crippen LogP contribution in [0.2, 0.25) is 19.6 Å². The third-order valence-electron chi connectivity index (χ3n) is 9.04. The van der Waals surface area contributed by atoms with Crippen LogP contribution in [0.1, 0.15) is 45.4 Å². The Bertz CT molecular complexity index is 802. The van der Waals surface area contributed by atoms with E-state index in [1.54, 1.807) is 0 Å². The molecule has 4 saturated carbocycles. The Kier molecular flexibility index (Phi) is 3.93. The van der Waals surface area contributed by atoms with Gasteiger partial charge in [-0.3, -0.25) is 9.59 Å². The van der Waals surface area contributed by atoms with E-state index in [9.17, 15) is 9.59 Å². The summed E-state index contributed by atoms with van der Waals surface area (Å²) in [4.78, 5) is 26.5. The van der Waals surface area contributed by atoms with Gasteiger partial charge in [0.1, 0.15) is 5.60 Å². The molecule has 1 heterocycles. The minimum Gasteiger partial charge on any atom is -0.469 e. The molecule has 0 aromatic rings. The Hall–Kier alpha value is -1.14. The SMILES string of the molecule is C=C1C2CCC3(C2)C(C(=O)OC)C2C4(C)CCCC2(OC4=O)C3C1O[Si](C)(C)C. The van der Waals surface area contributed by atoms with Gasteiger partial charge < -0.3 is 13.9 Å². The van der Waals surface area contributed by atoms with Crippen molar-refractivity contribution in [2.75, 3.05) is 7.11 Å². The van der Waals surface area contributed by atoms with Crippen LogP contribution in [0.4, 0.5) is 0 Å². The molecule has 4 bridgehead atoms. The van der Waals surface area contributed by atoms with Crippen molar-refractivity contribution in [3.8, 4) is 0 Å². The van der Waals surface area contributed by atoms with Crippen LogP contribution in [-0.2, 0) is 23.5 Å². The normalized spacial score (nSPS) is 50.2. The van der Waals surface area contributed by atoms with Gasteiger partial charge >= 0.3 is 11.9 Å². The molecule has 8 unspecified atom stereocenters. The molecule has 5 aliphatic rings. The van der Waals surface area contributed by atoms with Crippen LogP contribution in [0.3, 0.4) is 0 Å². The van der Waals surface area contributed by atoms with Crippen LogP contribution in [0.5, 0.6) is 0 Å². The topological polar surface area (TPSA) is 61.8 Å². The van der Waals surface area contributed by atoms with Crippen molar-refractivity contribution in [2.45, 2.75) is 76.8 Å². The van der Waals surface area contributed by atoms with Gasteiger partial charge in [-0.25, -0.2) is 0 Å². The number of hydrogen-bond donors (Lipinski definition) is 0. The number of esters is 2. The molecule has 5 fully saturated rings. The van der Waals surface area contributed by atoms with E-state index >= 15 is 0 Å². The van der Waals surface area contributed by atoms with Gasteiger partial charge in [-0.1, -0.05) is 6.58 Å². The van der Waals surface area contributed by atoms with E-state index in [0.717, 1.165) is 38.5 Å².